The lowest BCUT2D eigenvalue weighted by molar-refractivity contribution is 0.143. The summed E-state index contributed by atoms with van der Waals surface area (Å²) in [6, 6.07) is 23.1. The lowest BCUT2D eigenvalue weighted by Gasteiger charge is -2.37. The molecule has 1 aliphatic heterocycles. The van der Waals surface area contributed by atoms with Crippen LogP contribution in [0.2, 0.25) is 0 Å². The molecule has 30 heavy (non-hydrogen) atoms. The third-order valence-corrected chi connectivity index (χ3v) is 6.11. The van der Waals surface area contributed by atoms with Gasteiger partial charge in [-0.05, 0) is 70.4 Å². The second-order valence-electron chi connectivity index (χ2n) is 7.52. The van der Waals surface area contributed by atoms with E-state index in [9.17, 15) is 9.18 Å². The highest BCUT2D eigenvalue weighted by atomic mass is 79.9. The van der Waals surface area contributed by atoms with Gasteiger partial charge in [0, 0.05) is 6.04 Å². The predicted molar refractivity (Wildman–Crippen MR) is 120 cm³/mol. The molecule has 0 aliphatic carbocycles. The summed E-state index contributed by atoms with van der Waals surface area (Å²) in [5.41, 5.74) is 3.74. The molecule has 0 bridgehead atoms. The van der Waals surface area contributed by atoms with E-state index in [1.54, 1.807) is 11.0 Å². The molecule has 1 amide bonds. The molecule has 1 atom stereocenters. The molecular weight excluding hydrogens is 445 g/mol. The maximum atomic E-state index is 14.1. The Bertz CT molecular complexity index is 1010. The number of fused-ring (bicyclic) bond motifs is 1. The van der Waals surface area contributed by atoms with Gasteiger partial charge in [-0.15, -0.1) is 0 Å². The first kappa shape index (κ1) is 20.6. The maximum absolute atomic E-state index is 14.1. The fraction of sp³-hybridized carbons (Fsp3) is 0.240. The van der Waals surface area contributed by atoms with E-state index in [-0.39, 0.29) is 18.5 Å². The summed E-state index contributed by atoms with van der Waals surface area (Å²) >= 11 is 3.27. The van der Waals surface area contributed by atoms with E-state index >= 15 is 0 Å². The van der Waals surface area contributed by atoms with Crippen molar-refractivity contribution in [1.29, 1.82) is 0 Å². The van der Waals surface area contributed by atoms with Crippen molar-refractivity contribution in [3.8, 4) is 0 Å². The standard InChI is InChI=1S/C25H23BrFNO2/c26-22-16-24-20(15-23(22)27)12-14-21(13-11-18-7-3-1-4-8-18)28(24)25(29)30-17-19-9-5-2-6-10-19/h1-10,15-16,21H,11-14,17H2. The normalized spacial score (nSPS) is 15.5. The van der Waals surface area contributed by atoms with Gasteiger partial charge in [-0.25, -0.2) is 9.18 Å². The summed E-state index contributed by atoms with van der Waals surface area (Å²) in [5.74, 6) is -0.311. The number of amides is 1. The van der Waals surface area contributed by atoms with Crippen molar-refractivity contribution >= 4 is 27.7 Å². The van der Waals surface area contributed by atoms with Gasteiger partial charge in [0.15, 0.2) is 0 Å². The molecule has 0 spiro atoms. The summed E-state index contributed by atoms with van der Waals surface area (Å²) in [6.07, 6.45) is 2.81. The van der Waals surface area contributed by atoms with Crippen LogP contribution in [0.3, 0.4) is 0 Å². The van der Waals surface area contributed by atoms with E-state index in [0.717, 1.165) is 42.5 Å². The summed E-state index contributed by atoms with van der Waals surface area (Å²) < 4.78 is 20.1. The van der Waals surface area contributed by atoms with Gasteiger partial charge in [0.2, 0.25) is 0 Å². The second kappa shape index (κ2) is 9.43. The van der Waals surface area contributed by atoms with Crippen molar-refractivity contribution in [1.82, 2.24) is 0 Å². The first-order valence-electron chi connectivity index (χ1n) is 10.1. The number of rotatable bonds is 5. The zero-order chi connectivity index (χ0) is 20.9. The molecule has 5 heteroatoms. The molecule has 0 aromatic heterocycles. The topological polar surface area (TPSA) is 29.5 Å². The van der Waals surface area contributed by atoms with Crippen LogP contribution in [0.4, 0.5) is 14.9 Å². The highest BCUT2D eigenvalue weighted by Crippen LogP contribution is 2.36. The van der Waals surface area contributed by atoms with Crippen LogP contribution in [0.15, 0.2) is 77.3 Å². The van der Waals surface area contributed by atoms with E-state index in [0.29, 0.717) is 4.47 Å². The lowest BCUT2D eigenvalue weighted by Crippen LogP contribution is -2.44. The molecule has 3 aromatic rings. The fourth-order valence-electron chi connectivity index (χ4n) is 3.94. The smallest absolute Gasteiger partial charge is 0.414 e. The predicted octanol–water partition coefficient (Wildman–Crippen LogP) is 6.68. The van der Waals surface area contributed by atoms with Crippen LogP contribution in [0.25, 0.3) is 0 Å². The average molecular weight is 468 g/mol. The second-order valence-corrected chi connectivity index (χ2v) is 8.38. The lowest BCUT2D eigenvalue weighted by atomic mass is 9.92. The zero-order valence-corrected chi connectivity index (χ0v) is 18.1. The molecule has 3 nitrogen and oxygen atoms in total. The summed E-state index contributed by atoms with van der Waals surface area (Å²) in [5, 5.41) is 0. The number of carbonyl (C=O) groups excluding carboxylic acids is 1. The fourth-order valence-corrected chi connectivity index (χ4v) is 4.27. The van der Waals surface area contributed by atoms with Crippen LogP contribution < -0.4 is 4.90 Å². The van der Waals surface area contributed by atoms with Crippen LogP contribution >= 0.6 is 15.9 Å². The van der Waals surface area contributed by atoms with Gasteiger partial charge in [0.1, 0.15) is 12.4 Å². The van der Waals surface area contributed by atoms with E-state index < -0.39 is 6.09 Å². The summed E-state index contributed by atoms with van der Waals surface area (Å²) in [4.78, 5) is 14.9. The SMILES string of the molecule is O=C(OCc1ccccc1)N1c2cc(Br)c(F)cc2CCC1CCc1ccccc1. The van der Waals surface area contributed by atoms with Crippen LogP contribution in [0.1, 0.15) is 29.5 Å². The Morgan fingerprint density at radius 2 is 1.70 bits per heavy atom. The van der Waals surface area contributed by atoms with Crippen molar-refractivity contribution in [2.75, 3.05) is 4.90 Å². The number of halogens is 2. The number of hydrogen-bond donors (Lipinski definition) is 0. The number of benzene rings is 3. The average Bonchev–Trinajstić information content (AvgIpc) is 2.78. The molecule has 1 unspecified atom stereocenters. The van der Waals surface area contributed by atoms with Crippen molar-refractivity contribution in [3.63, 3.8) is 0 Å². The van der Waals surface area contributed by atoms with Crippen molar-refractivity contribution in [2.24, 2.45) is 0 Å². The number of carbonyl (C=O) groups is 1. The van der Waals surface area contributed by atoms with E-state index in [1.807, 2.05) is 48.5 Å². The van der Waals surface area contributed by atoms with Gasteiger partial charge in [-0.3, -0.25) is 4.90 Å². The minimum atomic E-state index is -0.392. The van der Waals surface area contributed by atoms with Crippen LogP contribution in [0, 0.1) is 5.82 Å². The Kier molecular flexibility index (Phi) is 6.48. The van der Waals surface area contributed by atoms with Gasteiger partial charge >= 0.3 is 6.09 Å². The van der Waals surface area contributed by atoms with Gasteiger partial charge in [0.25, 0.3) is 0 Å². The molecule has 0 saturated carbocycles. The van der Waals surface area contributed by atoms with Crippen LogP contribution in [-0.2, 0) is 24.2 Å². The van der Waals surface area contributed by atoms with Gasteiger partial charge in [-0.1, -0.05) is 60.7 Å². The minimum Gasteiger partial charge on any atom is -0.444 e. The molecule has 4 rings (SSSR count). The Labute approximate surface area is 184 Å². The Balaban J connectivity index is 1.56. The number of anilines is 1. The number of aryl methyl sites for hydroxylation is 2. The van der Waals surface area contributed by atoms with Crippen LogP contribution in [-0.4, -0.2) is 12.1 Å². The molecule has 0 saturated heterocycles. The van der Waals surface area contributed by atoms with E-state index in [4.69, 9.17) is 4.74 Å². The Hall–Kier alpha value is -2.66. The van der Waals surface area contributed by atoms with Gasteiger partial charge < -0.3 is 4.74 Å². The molecule has 1 aliphatic rings. The third-order valence-electron chi connectivity index (χ3n) is 5.50. The summed E-state index contributed by atoms with van der Waals surface area (Å²) in [6.45, 7) is 0.208. The molecular formula is C25H23BrFNO2. The van der Waals surface area contributed by atoms with Crippen molar-refractivity contribution in [2.45, 2.75) is 38.3 Å². The molecule has 0 N–H and O–H groups in total. The zero-order valence-electron chi connectivity index (χ0n) is 16.6. The number of ether oxygens (including phenoxy) is 1. The Morgan fingerprint density at radius 3 is 2.40 bits per heavy atom. The number of nitrogens with zero attached hydrogens (tertiary/aromatic N) is 1. The van der Waals surface area contributed by atoms with E-state index in [2.05, 4.69) is 28.1 Å². The van der Waals surface area contributed by atoms with Crippen molar-refractivity contribution in [3.05, 3.63) is 99.8 Å². The maximum Gasteiger partial charge on any atom is 0.414 e. The molecule has 0 radical (unpaired) electrons. The monoisotopic (exact) mass is 467 g/mol. The Morgan fingerprint density at radius 1 is 1.03 bits per heavy atom. The third kappa shape index (κ3) is 4.73. The summed E-state index contributed by atoms with van der Waals surface area (Å²) in [7, 11) is 0. The quantitative estimate of drug-likeness (QED) is 0.418. The van der Waals surface area contributed by atoms with Gasteiger partial charge in [0.05, 0.1) is 10.2 Å². The van der Waals surface area contributed by atoms with Gasteiger partial charge in [-0.2, -0.15) is 0 Å². The molecule has 0 fully saturated rings. The number of hydrogen-bond acceptors (Lipinski definition) is 2. The first-order valence-corrected chi connectivity index (χ1v) is 10.9. The molecule has 3 aromatic carbocycles. The highest BCUT2D eigenvalue weighted by Gasteiger charge is 2.33. The van der Waals surface area contributed by atoms with E-state index in [1.165, 1.54) is 11.6 Å². The minimum absolute atomic E-state index is 0.00154. The van der Waals surface area contributed by atoms with Crippen molar-refractivity contribution < 1.29 is 13.9 Å². The highest BCUT2D eigenvalue weighted by molar-refractivity contribution is 9.10. The first-order chi connectivity index (χ1) is 14.6. The van der Waals surface area contributed by atoms with Crippen LogP contribution in [0.5, 0.6) is 0 Å². The molecule has 154 valence electrons. The molecule has 1 heterocycles. The largest absolute Gasteiger partial charge is 0.444 e.